The summed E-state index contributed by atoms with van der Waals surface area (Å²) in [5, 5.41) is 20.8. The third-order valence-corrected chi connectivity index (χ3v) is 5.37. The van der Waals surface area contributed by atoms with Crippen LogP contribution in [0.25, 0.3) is 0 Å². The first-order chi connectivity index (χ1) is 9.63. The summed E-state index contributed by atoms with van der Waals surface area (Å²) in [6.07, 6.45) is 1.02. The molecule has 1 aliphatic heterocycles. The number of piperidine rings is 1. The van der Waals surface area contributed by atoms with Crippen molar-refractivity contribution in [1.82, 2.24) is 4.31 Å². The molecule has 0 spiro atoms. The maximum atomic E-state index is 12.6. The van der Waals surface area contributed by atoms with E-state index >= 15 is 0 Å². The zero-order chi connectivity index (χ0) is 15.8. The van der Waals surface area contributed by atoms with Crippen LogP contribution in [0.15, 0.2) is 23.1 Å². The van der Waals surface area contributed by atoms with E-state index in [1.807, 2.05) is 0 Å². The largest absolute Gasteiger partial charge is 0.398 e. The number of hydrogen-bond acceptors (Lipinski definition) is 6. The van der Waals surface area contributed by atoms with E-state index in [-0.39, 0.29) is 29.4 Å². The van der Waals surface area contributed by atoms with Crippen molar-refractivity contribution in [1.29, 1.82) is 0 Å². The maximum Gasteiger partial charge on any atom is 0.270 e. The molecule has 0 radical (unpaired) electrons. The molecule has 0 aliphatic carbocycles. The van der Waals surface area contributed by atoms with E-state index in [1.54, 1.807) is 6.92 Å². The number of sulfonamides is 1. The van der Waals surface area contributed by atoms with E-state index in [4.69, 9.17) is 5.73 Å². The molecule has 2 rings (SSSR count). The standard InChI is InChI=1S/C12H17N3O5S/c1-12(16)5-2-6-14(8-12)21(19,20)11-7-9(15(17)18)3-4-10(11)13/h3-4,7,16H,2,5-6,8,13H2,1H3. The van der Waals surface area contributed by atoms with Gasteiger partial charge in [0.25, 0.3) is 5.69 Å². The van der Waals surface area contributed by atoms with E-state index in [9.17, 15) is 23.6 Å². The molecule has 1 aromatic rings. The van der Waals surface area contributed by atoms with Crippen molar-refractivity contribution < 1.29 is 18.4 Å². The minimum atomic E-state index is -3.98. The zero-order valence-corrected chi connectivity index (χ0v) is 12.3. The highest BCUT2D eigenvalue weighted by molar-refractivity contribution is 7.89. The molecule has 0 bridgehead atoms. The summed E-state index contributed by atoms with van der Waals surface area (Å²) in [5.41, 5.74) is 4.16. The molecule has 8 nitrogen and oxygen atoms in total. The minimum Gasteiger partial charge on any atom is -0.398 e. The van der Waals surface area contributed by atoms with Crippen LogP contribution in [-0.2, 0) is 10.0 Å². The highest BCUT2D eigenvalue weighted by Gasteiger charge is 2.36. The summed E-state index contributed by atoms with van der Waals surface area (Å²) in [6.45, 7) is 1.75. The third-order valence-electron chi connectivity index (χ3n) is 3.47. The Morgan fingerprint density at radius 1 is 1.48 bits per heavy atom. The van der Waals surface area contributed by atoms with Crippen LogP contribution in [0, 0.1) is 10.1 Å². The summed E-state index contributed by atoms with van der Waals surface area (Å²) in [4.78, 5) is 9.81. The van der Waals surface area contributed by atoms with Crippen LogP contribution in [-0.4, -0.2) is 41.4 Å². The van der Waals surface area contributed by atoms with E-state index in [2.05, 4.69) is 0 Å². The smallest absolute Gasteiger partial charge is 0.270 e. The van der Waals surface area contributed by atoms with Gasteiger partial charge in [0.1, 0.15) is 4.90 Å². The van der Waals surface area contributed by atoms with Gasteiger partial charge in [-0.3, -0.25) is 10.1 Å². The van der Waals surface area contributed by atoms with Crippen LogP contribution in [0.2, 0.25) is 0 Å². The molecule has 1 aliphatic rings. The summed E-state index contributed by atoms with van der Waals surface area (Å²) in [5.74, 6) is 0. The molecular formula is C12H17N3O5S. The lowest BCUT2D eigenvalue weighted by atomic mass is 9.97. The third kappa shape index (κ3) is 3.14. The van der Waals surface area contributed by atoms with Crippen LogP contribution < -0.4 is 5.73 Å². The molecule has 1 unspecified atom stereocenters. The minimum absolute atomic E-state index is 0.0502. The molecule has 0 amide bonds. The molecule has 1 heterocycles. The number of nitro benzene ring substituents is 1. The Bertz CT molecular complexity index is 671. The topological polar surface area (TPSA) is 127 Å². The SMILES string of the molecule is CC1(O)CCCN(S(=O)(=O)c2cc([N+](=O)[O-])ccc2N)C1. The number of aliphatic hydroxyl groups is 1. The van der Waals surface area contributed by atoms with Gasteiger partial charge >= 0.3 is 0 Å². The quantitative estimate of drug-likeness (QED) is 0.480. The highest BCUT2D eigenvalue weighted by Crippen LogP contribution is 2.30. The van der Waals surface area contributed by atoms with Crippen molar-refractivity contribution >= 4 is 21.4 Å². The number of β-amino-alcohol motifs (C(OH)–C–C–N with tert-alkyl or cyclic N) is 1. The second-order valence-corrected chi connectivity index (χ2v) is 7.32. The predicted molar refractivity (Wildman–Crippen MR) is 76.1 cm³/mol. The molecule has 1 atom stereocenters. The van der Waals surface area contributed by atoms with Gasteiger partial charge in [0.2, 0.25) is 10.0 Å². The van der Waals surface area contributed by atoms with E-state index < -0.39 is 20.5 Å². The summed E-state index contributed by atoms with van der Waals surface area (Å²) in [7, 11) is -3.98. The maximum absolute atomic E-state index is 12.6. The molecule has 0 saturated carbocycles. The van der Waals surface area contributed by atoms with Crippen LogP contribution in [0.4, 0.5) is 11.4 Å². The Hall–Kier alpha value is -1.71. The van der Waals surface area contributed by atoms with Gasteiger partial charge in [-0.2, -0.15) is 4.31 Å². The first-order valence-electron chi connectivity index (χ1n) is 6.40. The number of hydrogen-bond donors (Lipinski definition) is 2. The fraction of sp³-hybridized carbons (Fsp3) is 0.500. The lowest BCUT2D eigenvalue weighted by Crippen LogP contribution is -2.48. The van der Waals surface area contributed by atoms with E-state index in [0.717, 1.165) is 16.4 Å². The molecule has 1 aromatic carbocycles. The number of nitro groups is 1. The van der Waals surface area contributed by atoms with Gasteiger partial charge in [-0.15, -0.1) is 0 Å². The Morgan fingerprint density at radius 3 is 2.71 bits per heavy atom. The second kappa shape index (κ2) is 5.24. The zero-order valence-electron chi connectivity index (χ0n) is 11.5. The monoisotopic (exact) mass is 315 g/mol. The van der Waals surface area contributed by atoms with Gasteiger partial charge in [0, 0.05) is 25.2 Å². The van der Waals surface area contributed by atoms with E-state index in [0.29, 0.717) is 12.8 Å². The number of nitrogen functional groups attached to an aromatic ring is 1. The van der Waals surface area contributed by atoms with Crippen molar-refractivity contribution in [3.63, 3.8) is 0 Å². The van der Waals surface area contributed by atoms with Gasteiger partial charge < -0.3 is 10.8 Å². The van der Waals surface area contributed by atoms with Crippen molar-refractivity contribution in [2.45, 2.75) is 30.3 Å². The van der Waals surface area contributed by atoms with Gasteiger partial charge in [-0.05, 0) is 25.8 Å². The number of nitrogens with two attached hydrogens (primary N) is 1. The van der Waals surface area contributed by atoms with Crippen molar-refractivity contribution in [3.8, 4) is 0 Å². The van der Waals surface area contributed by atoms with Crippen LogP contribution in [0.3, 0.4) is 0 Å². The Kier molecular flexibility index (Phi) is 3.91. The molecule has 0 aromatic heterocycles. The predicted octanol–water partition coefficient (Wildman–Crippen LogP) is 0.713. The first-order valence-corrected chi connectivity index (χ1v) is 7.84. The first kappa shape index (κ1) is 15.7. The summed E-state index contributed by atoms with van der Waals surface area (Å²) in [6, 6.07) is 3.31. The fourth-order valence-corrected chi connectivity index (χ4v) is 4.11. The lowest BCUT2D eigenvalue weighted by molar-refractivity contribution is -0.385. The molecule has 1 saturated heterocycles. The highest BCUT2D eigenvalue weighted by atomic mass is 32.2. The molecule has 21 heavy (non-hydrogen) atoms. The second-order valence-electron chi connectivity index (χ2n) is 5.42. The lowest BCUT2D eigenvalue weighted by Gasteiger charge is -2.36. The van der Waals surface area contributed by atoms with Gasteiger partial charge in [-0.1, -0.05) is 0 Å². The number of non-ortho nitro benzene ring substituents is 1. The molecule has 3 N–H and O–H groups in total. The van der Waals surface area contributed by atoms with Crippen molar-refractivity contribution in [2.24, 2.45) is 0 Å². The molecule has 116 valence electrons. The van der Waals surface area contributed by atoms with Crippen LogP contribution in [0.1, 0.15) is 19.8 Å². The number of nitrogens with zero attached hydrogens (tertiary/aromatic N) is 2. The normalized spacial score (nSPS) is 23.9. The molecular weight excluding hydrogens is 298 g/mol. The number of rotatable bonds is 3. The van der Waals surface area contributed by atoms with Crippen LogP contribution >= 0.6 is 0 Å². The Labute approximate surface area is 122 Å². The van der Waals surface area contributed by atoms with Crippen LogP contribution in [0.5, 0.6) is 0 Å². The van der Waals surface area contributed by atoms with Gasteiger partial charge in [0.15, 0.2) is 0 Å². The van der Waals surface area contributed by atoms with E-state index in [1.165, 1.54) is 6.07 Å². The average Bonchev–Trinajstić information content (AvgIpc) is 2.37. The van der Waals surface area contributed by atoms with Gasteiger partial charge in [0.05, 0.1) is 16.2 Å². The summed E-state index contributed by atoms with van der Waals surface area (Å²) >= 11 is 0. The van der Waals surface area contributed by atoms with Crippen molar-refractivity contribution in [2.75, 3.05) is 18.8 Å². The molecule has 9 heteroatoms. The molecule has 1 fully saturated rings. The van der Waals surface area contributed by atoms with Gasteiger partial charge in [-0.25, -0.2) is 8.42 Å². The Balaban J connectivity index is 2.44. The summed E-state index contributed by atoms with van der Waals surface area (Å²) < 4.78 is 26.3. The fourth-order valence-electron chi connectivity index (χ4n) is 2.38. The number of benzene rings is 1. The number of anilines is 1. The Morgan fingerprint density at radius 2 is 2.14 bits per heavy atom. The average molecular weight is 315 g/mol. The van der Waals surface area contributed by atoms with Crippen molar-refractivity contribution in [3.05, 3.63) is 28.3 Å².